The number of para-hydroxylation sites is 1. The minimum Gasteiger partial charge on any atom is -0.245 e. The van der Waals surface area contributed by atoms with Crippen molar-refractivity contribution in [2.45, 2.75) is 0 Å². The van der Waals surface area contributed by atoms with E-state index in [1.807, 2.05) is 24.3 Å². The highest BCUT2D eigenvalue weighted by molar-refractivity contribution is 6.17. The van der Waals surface area contributed by atoms with Crippen LogP contribution < -0.4 is 0 Å². The molecule has 0 aliphatic rings. The van der Waals surface area contributed by atoms with Gasteiger partial charge in [-0.1, -0.05) is 170 Å². The average Bonchev–Trinajstić information content (AvgIpc) is 3.70. The highest BCUT2D eigenvalue weighted by Crippen LogP contribution is 2.42. The Hall–Kier alpha value is -7.69. The van der Waals surface area contributed by atoms with E-state index in [2.05, 4.69) is 187 Å². The molecule has 0 bridgehead atoms. The van der Waals surface area contributed by atoms with Gasteiger partial charge in [0.15, 0.2) is 0 Å². The summed E-state index contributed by atoms with van der Waals surface area (Å²) in [5.74, 6) is 0. The Kier molecular flexibility index (Phi) is 7.78. The summed E-state index contributed by atoms with van der Waals surface area (Å²) in [6, 6.07) is 72.6. The Bertz CT molecular complexity index is 3260. The number of hydrogen-bond acceptors (Lipinski definition) is 3. The van der Waals surface area contributed by atoms with Crippen molar-refractivity contribution in [2.24, 2.45) is 0 Å². The van der Waals surface area contributed by atoms with Gasteiger partial charge in [0.05, 0.1) is 33.6 Å². The van der Waals surface area contributed by atoms with Crippen molar-refractivity contribution in [1.82, 2.24) is 19.7 Å². The van der Waals surface area contributed by atoms with Crippen LogP contribution in [-0.4, -0.2) is 19.7 Å². The molecule has 11 rings (SSSR count). The molecule has 0 spiro atoms. The van der Waals surface area contributed by atoms with Crippen LogP contribution in [-0.2, 0) is 0 Å². The molecule has 0 aliphatic carbocycles. The van der Waals surface area contributed by atoms with Crippen LogP contribution in [0.1, 0.15) is 0 Å². The molecule has 0 saturated heterocycles. The topological polar surface area (TPSA) is 43.6 Å². The van der Waals surface area contributed by atoms with E-state index in [1.54, 1.807) is 0 Å². The average molecular weight is 727 g/mol. The molecule has 11 aromatic rings. The summed E-state index contributed by atoms with van der Waals surface area (Å²) in [7, 11) is 0. The molecule has 0 amide bonds. The molecule has 57 heavy (non-hydrogen) atoms. The zero-order valence-electron chi connectivity index (χ0n) is 30.9. The Balaban J connectivity index is 1.01. The van der Waals surface area contributed by atoms with E-state index in [0.717, 1.165) is 83.3 Å². The van der Waals surface area contributed by atoms with Gasteiger partial charge in [-0.3, -0.25) is 0 Å². The SMILES string of the molecule is c1ccc(-c2ccc3ccc4ccc(-c5cccc(-c6ccc(-c7nn(-c8ccccc8)c8c7c(-c7ccccc7)cc7ccccc78)cc6)c5)nc4c3n2)cc1. The number of hydrogen-bond donors (Lipinski definition) is 0. The van der Waals surface area contributed by atoms with Crippen LogP contribution >= 0.6 is 0 Å². The lowest BCUT2D eigenvalue weighted by Gasteiger charge is -2.11. The fraction of sp³-hybridized carbons (Fsp3) is 0. The van der Waals surface area contributed by atoms with Crippen molar-refractivity contribution in [3.63, 3.8) is 0 Å². The summed E-state index contributed by atoms with van der Waals surface area (Å²) in [4.78, 5) is 10.3. The normalized spacial score (nSPS) is 11.5. The van der Waals surface area contributed by atoms with Crippen LogP contribution in [0.5, 0.6) is 0 Å². The minimum atomic E-state index is 0.905. The minimum absolute atomic E-state index is 0.905. The molecule has 3 aromatic heterocycles. The van der Waals surface area contributed by atoms with E-state index in [9.17, 15) is 0 Å². The van der Waals surface area contributed by atoms with Gasteiger partial charge in [0.1, 0.15) is 5.69 Å². The van der Waals surface area contributed by atoms with Gasteiger partial charge in [0.2, 0.25) is 0 Å². The van der Waals surface area contributed by atoms with Gasteiger partial charge >= 0.3 is 0 Å². The predicted octanol–water partition coefficient (Wildman–Crippen LogP) is 13.6. The molecule has 4 heteroatoms. The fourth-order valence-electron chi connectivity index (χ4n) is 8.17. The number of benzene rings is 8. The Labute approximate surface area is 330 Å². The van der Waals surface area contributed by atoms with Gasteiger partial charge in [-0.05, 0) is 64.0 Å². The standard InChI is InChI=1S/C53H34N4/c1-4-13-36(14-5-1)46-34-42-17-10-11-22-45(42)53-49(46)50(56-57(53)44-20-8-3-9-21-44)38-25-23-35(24-26-38)41-18-12-19-43(33-41)48-32-30-40-28-27-39-29-31-47(37-15-6-2-7-16-37)54-51(39)52(40)55-48/h1-34H. The molecule has 266 valence electrons. The fourth-order valence-corrected chi connectivity index (χ4v) is 8.17. The first-order valence-electron chi connectivity index (χ1n) is 19.3. The molecule has 0 N–H and O–H groups in total. The highest BCUT2D eigenvalue weighted by Gasteiger charge is 2.21. The lowest BCUT2D eigenvalue weighted by molar-refractivity contribution is 0.918. The van der Waals surface area contributed by atoms with Crippen LogP contribution in [0, 0.1) is 0 Å². The van der Waals surface area contributed by atoms with E-state index in [0.29, 0.717) is 0 Å². The van der Waals surface area contributed by atoms with Crippen molar-refractivity contribution in [3.05, 3.63) is 206 Å². The van der Waals surface area contributed by atoms with Crippen molar-refractivity contribution in [2.75, 3.05) is 0 Å². The van der Waals surface area contributed by atoms with E-state index in [-0.39, 0.29) is 0 Å². The number of rotatable bonds is 6. The predicted molar refractivity (Wildman–Crippen MR) is 236 cm³/mol. The van der Waals surface area contributed by atoms with Gasteiger partial charge in [-0.25, -0.2) is 14.6 Å². The molecule has 0 saturated carbocycles. The van der Waals surface area contributed by atoms with Gasteiger partial charge < -0.3 is 0 Å². The zero-order chi connectivity index (χ0) is 37.7. The monoisotopic (exact) mass is 726 g/mol. The van der Waals surface area contributed by atoms with Gasteiger partial charge in [-0.15, -0.1) is 0 Å². The lowest BCUT2D eigenvalue weighted by Crippen LogP contribution is -1.96. The Morgan fingerprint density at radius 1 is 0.351 bits per heavy atom. The number of fused-ring (bicyclic) bond motifs is 6. The second-order valence-electron chi connectivity index (χ2n) is 14.5. The molecule has 3 heterocycles. The van der Waals surface area contributed by atoms with Gasteiger partial charge in [0.25, 0.3) is 0 Å². The maximum Gasteiger partial charge on any atom is 0.101 e. The molecular formula is C53H34N4. The van der Waals surface area contributed by atoms with E-state index in [4.69, 9.17) is 15.1 Å². The van der Waals surface area contributed by atoms with Crippen molar-refractivity contribution in [3.8, 4) is 61.7 Å². The molecule has 0 atom stereocenters. The molecule has 4 nitrogen and oxygen atoms in total. The van der Waals surface area contributed by atoms with E-state index < -0.39 is 0 Å². The quantitative estimate of drug-likeness (QED) is 0.160. The second-order valence-corrected chi connectivity index (χ2v) is 14.5. The first-order chi connectivity index (χ1) is 28.2. The third-order valence-corrected chi connectivity index (χ3v) is 11.0. The molecule has 0 fully saturated rings. The summed E-state index contributed by atoms with van der Waals surface area (Å²) < 4.78 is 2.12. The third kappa shape index (κ3) is 5.74. The van der Waals surface area contributed by atoms with E-state index >= 15 is 0 Å². The largest absolute Gasteiger partial charge is 0.245 e. The summed E-state index contributed by atoms with van der Waals surface area (Å²) >= 11 is 0. The van der Waals surface area contributed by atoms with Crippen molar-refractivity contribution in [1.29, 1.82) is 0 Å². The van der Waals surface area contributed by atoms with E-state index in [1.165, 1.54) is 21.9 Å². The maximum absolute atomic E-state index is 5.39. The highest BCUT2D eigenvalue weighted by atomic mass is 15.3. The van der Waals surface area contributed by atoms with Crippen LogP contribution in [0.15, 0.2) is 206 Å². The third-order valence-electron chi connectivity index (χ3n) is 11.0. The zero-order valence-corrected chi connectivity index (χ0v) is 30.9. The molecule has 0 unspecified atom stereocenters. The van der Waals surface area contributed by atoms with Crippen LogP contribution in [0.3, 0.4) is 0 Å². The number of pyridine rings is 2. The number of nitrogens with zero attached hydrogens (tertiary/aromatic N) is 4. The maximum atomic E-state index is 5.39. The summed E-state index contributed by atoms with van der Waals surface area (Å²) in [5.41, 5.74) is 14.6. The molecular weight excluding hydrogens is 693 g/mol. The molecule has 8 aromatic carbocycles. The van der Waals surface area contributed by atoms with Gasteiger partial charge in [0, 0.05) is 38.2 Å². The summed E-state index contributed by atoms with van der Waals surface area (Å²) in [6.45, 7) is 0. The number of aromatic nitrogens is 4. The summed E-state index contributed by atoms with van der Waals surface area (Å²) in [5, 5.41) is 11.0. The van der Waals surface area contributed by atoms with Crippen LogP contribution in [0.25, 0.3) is 105 Å². The Morgan fingerprint density at radius 3 is 1.60 bits per heavy atom. The van der Waals surface area contributed by atoms with Crippen LogP contribution in [0.4, 0.5) is 0 Å². The van der Waals surface area contributed by atoms with Crippen molar-refractivity contribution < 1.29 is 0 Å². The van der Waals surface area contributed by atoms with Gasteiger partial charge in [-0.2, -0.15) is 5.10 Å². The smallest absolute Gasteiger partial charge is 0.101 e. The molecule has 0 aliphatic heterocycles. The Morgan fingerprint density at radius 2 is 0.895 bits per heavy atom. The second kappa shape index (κ2) is 13.6. The first kappa shape index (κ1) is 32.7. The first-order valence-corrected chi connectivity index (χ1v) is 19.3. The van der Waals surface area contributed by atoms with Crippen LogP contribution in [0.2, 0.25) is 0 Å². The van der Waals surface area contributed by atoms with Crippen molar-refractivity contribution >= 4 is 43.5 Å². The molecule has 0 radical (unpaired) electrons. The lowest BCUT2D eigenvalue weighted by atomic mass is 9.93. The summed E-state index contributed by atoms with van der Waals surface area (Å²) in [6.07, 6.45) is 0.